The molecule has 6 nitrogen and oxygen atoms in total. The van der Waals surface area contributed by atoms with Crippen molar-refractivity contribution in [1.82, 2.24) is 24.4 Å². The van der Waals surface area contributed by atoms with Gasteiger partial charge in [0.15, 0.2) is 0 Å². The van der Waals surface area contributed by atoms with E-state index in [2.05, 4.69) is 24.8 Å². The van der Waals surface area contributed by atoms with E-state index in [-0.39, 0.29) is 5.82 Å². The largest absolute Gasteiger partial charge is 0.353 e. The van der Waals surface area contributed by atoms with Crippen LogP contribution >= 0.6 is 0 Å². The summed E-state index contributed by atoms with van der Waals surface area (Å²) in [6.45, 7) is 0.463. The molecule has 0 atom stereocenters. The van der Waals surface area contributed by atoms with E-state index in [1.54, 1.807) is 12.1 Å². The van der Waals surface area contributed by atoms with Crippen molar-refractivity contribution in [2.75, 3.05) is 31.1 Å². The summed E-state index contributed by atoms with van der Waals surface area (Å²) in [4.78, 5) is 16.5. The van der Waals surface area contributed by atoms with Crippen molar-refractivity contribution >= 4 is 16.7 Å². The Morgan fingerprint density at radius 3 is 2.62 bits per heavy atom. The summed E-state index contributed by atoms with van der Waals surface area (Å²) in [5.41, 5.74) is 0.305. The van der Waals surface area contributed by atoms with Gasteiger partial charge in [-0.2, -0.15) is 8.78 Å². The molecule has 3 heterocycles. The van der Waals surface area contributed by atoms with Crippen LogP contribution in [0.4, 0.5) is 19.0 Å². The summed E-state index contributed by atoms with van der Waals surface area (Å²) in [5.74, 6) is 0.676. The molecular formula is C17H17F3N6. The van der Waals surface area contributed by atoms with E-state index in [4.69, 9.17) is 0 Å². The number of hydrogen-bond donors (Lipinski definition) is 0. The van der Waals surface area contributed by atoms with E-state index in [0.29, 0.717) is 55.3 Å². The molecule has 0 saturated carbocycles. The molecular weight excluding hydrogens is 345 g/mol. The second kappa shape index (κ2) is 6.91. The molecule has 0 spiro atoms. The van der Waals surface area contributed by atoms with Crippen LogP contribution in [0.1, 0.15) is 12.4 Å². The van der Waals surface area contributed by atoms with Gasteiger partial charge in [0.05, 0.1) is 6.54 Å². The van der Waals surface area contributed by atoms with Crippen molar-refractivity contribution in [3.8, 4) is 0 Å². The third-order valence-electron chi connectivity index (χ3n) is 4.59. The number of imidazole rings is 1. The number of aromatic nitrogens is 4. The number of halogens is 3. The van der Waals surface area contributed by atoms with Crippen LogP contribution in [0.2, 0.25) is 0 Å². The SMILES string of the molecule is Fc1cccc2c(N3CCN(Cc4nccn4C(F)F)CC3)ncnc12. The van der Waals surface area contributed by atoms with Gasteiger partial charge < -0.3 is 4.90 Å². The summed E-state index contributed by atoms with van der Waals surface area (Å²) < 4.78 is 40.7. The highest BCUT2D eigenvalue weighted by atomic mass is 19.3. The van der Waals surface area contributed by atoms with Gasteiger partial charge in [0.25, 0.3) is 0 Å². The Kier molecular flexibility index (Phi) is 4.46. The predicted octanol–water partition coefficient (Wildman–Crippen LogP) is 2.68. The topological polar surface area (TPSA) is 50.1 Å². The van der Waals surface area contributed by atoms with E-state index in [1.807, 2.05) is 0 Å². The lowest BCUT2D eigenvalue weighted by Crippen LogP contribution is -2.46. The Labute approximate surface area is 147 Å². The molecule has 9 heteroatoms. The molecule has 0 bridgehead atoms. The van der Waals surface area contributed by atoms with Crippen LogP contribution in [0, 0.1) is 5.82 Å². The average Bonchev–Trinajstić information content (AvgIpc) is 3.11. The minimum atomic E-state index is -2.59. The average molecular weight is 362 g/mol. The molecule has 2 aromatic heterocycles. The van der Waals surface area contributed by atoms with Crippen LogP contribution < -0.4 is 4.90 Å². The highest BCUT2D eigenvalue weighted by Gasteiger charge is 2.22. The Morgan fingerprint density at radius 1 is 1.04 bits per heavy atom. The van der Waals surface area contributed by atoms with Gasteiger partial charge in [0.1, 0.15) is 29.3 Å². The van der Waals surface area contributed by atoms with Crippen LogP contribution in [-0.4, -0.2) is 50.6 Å². The molecule has 4 rings (SSSR count). The fourth-order valence-corrected chi connectivity index (χ4v) is 3.25. The zero-order valence-corrected chi connectivity index (χ0v) is 13.9. The first kappa shape index (κ1) is 16.8. The second-order valence-corrected chi connectivity index (χ2v) is 6.12. The fourth-order valence-electron chi connectivity index (χ4n) is 3.25. The first-order chi connectivity index (χ1) is 12.6. The van der Waals surface area contributed by atoms with Gasteiger partial charge in [-0.15, -0.1) is 0 Å². The number of alkyl halides is 2. The van der Waals surface area contributed by atoms with E-state index in [0.717, 1.165) is 4.57 Å². The Hall–Kier alpha value is -2.68. The fraction of sp³-hybridized carbons (Fsp3) is 0.353. The molecule has 1 aromatic carbocycles. The lowest BCUT2D eigenvalue weighted by atomic mass is 10.2. The van der Waals surface area contributed by atoms with Crippen molar-refractivity contribution in [3.05, 3.63) is 48.6 Å². The smallest absolute Gasteiger partial charge is 0.319 e. The highest BCUT2D eigenvalue weighted by molar-refractivity contribution is 5.89. The summed E-state index contributed by atoms with van der Waals surface area (Å²) in [5, 5.41) is 0.675. The Morgan fingerprint density at radius 2 is 1.85 bits per heavy atom. The number of hydrogen-bond acceptors (Lipinski definition) is 5. The quantitative estimate of drug-likeness (QED) is 0.714. The third kappa shape index (κ3) is 3.10. The summed E-state index contributed by atoms with van der Waals surface area (Å²) in [6.07, 6.45) is 4.05. The van der Waals surface area contributed by atoms with Crippen molar-refractivity contribution in [1.29, 1.82) is 0 Å². The van der Waals surface area contributed by atoms with Crippen molar-refractivity contribution in [3.63, 3.8) is 0 Å². The molecule has 26 heavy (non-hydrogen) atoms. The number of rotatable bonds is 4. The first-order valence-electron chi connectivity index (χ1n) is 8.30. The maximum atomic E-state index is 13.9. The number of para-hydroxylation sites is 1. The number of nitrogens with zero attached hydrogens (tertiary/aromatic N) is 6. The molecule has 0 N–H and O–H groups in total. The molecule has 136 valence electrons. The number of fused-ring (bicyclic) bond motifs is 1. The van der Waals surface area contributed by atoms with E-state index < -0.39 is 6.55 Å². The van der Waals surface area contributed by atoms with Gasteiger partial charge >= 0.3 is 6.55 Å². The van der Waals surface area contributed by atoms with Crippen LogP contribution in [-0.2, 0) is 6.54 Å². The van der Waals surface area contributed by atoms with Crippen LogP contribution in [0.25, 0.3) is 10.9 Å². The van der Waals surface area contributed by atoms with Crippen LogP contribution in [0.15, 0.2) is 36.9 Å². The molecule has 0 unspecified atom stereocenters. The maximum absolute atomic E-state index is 13.9. The molecule has 1 saturated heterocycles. The normalized spacial score (nSPS) is 15.9. The molecule has 1 aliphatic rings. The molecule has 0 radical (unpaired) electrons. The van der Waals surface area contributed by atoms with Gasteiger partial charge in [0, 0.05) is 44.0 Å². The highest BCUT2D eigenvalue weighted by Crippen LogP contribution is 2.25. The van der Waals surface area contributed by atoms with E-state index >= 15 is 0 Å². The Bertz CT molecular complexity index is 904. The van der Waals surface area contributed by atoms with Crippen molar-refractivity contribution in [2.45, 2.75) is 13.1 Å². The number of benzene rings is 1. The zero-order valence-electron chi connectivity index (χ0n) is 13.9. The second-order valence-electron chi connectivity index (χ2n) is 6.12. The van der Waals surface area contributed by atoms with Crippen molar-refractivity contribution < 1.29 is 13.2 Å². The summed E-state index contributed by atoms with van der Waals surface area (Å²) in [6, 6.07) is 4.83. The lowest BCUT2D eigenvalue weighted by Gasteiger charge is -2.35. The van der Waals surface area contributed by atoms with Crippen molar-refractivity contribution in [2.24, 2.45) is 0 Å². The van der Waals surface area contributed by atoms with Gasteiger partial charge in [-0.05, 0) is 12.1 Å². The zero-order chi connectivity index (χ0) is 18.1. The van der Waals surface area contributed by atoms with Crippen LogP contribution in [0.5, 0.6) is 0 Å². The Balaban J connectivity index is 1.47. The lowest BCUT2D eigenvalue weighted by molar-refractivity contribution is 0.0637. The summed E-state index contributed by atoms with van der Waals surface area (Å²) >= 11 is 0. The van der Waals surface area contributed by atoms with E-state index in [9.17, 15) is 13.2 Å². The molecule has 3 aromatic rings. The first-order valence-corrected chi connectivity index (χ1v) is 8.30. The molecule has 0 aliphatic carbocycles. The molecule has 1 aliphatic heterocycles. The van der Waals surface area contributed by atoms with Gasteiger partial charge in [0.2, 0.25) is 0 Å². The van der Waals surface area contributed by atoms with Gasteiger partial charge in [-0.3, -0.25) is 9.47 Å². The number of anilines is 1. The third-order valence-corrected chi connectivity index (χ3v) is 4.59. The standard InChI is InChI=1S/C17H17F3N6/c18-13-3-1-2-12-15(13)22-11-23-16(12)25-8-6-24(7-9-25)10-14-21-4-5-26(14)17(19)20/h1-5,11,17H,6-10H2. The van der Waals surface area contributed by atoms with E-state index in [1.165, 1.54) is 24.8 Å². The monoisotopic (exact) mass is 362 g/mol. The minimum Gasteiger partial charge on any atom is -0.353 e. The van der Waals surface area contributed by atoms with Crippen LogP contribution in [0.3, 0.4) is 0 Å². The van der Waals surface area contributed by atoms with Gasteiger partial charge in [-0.25, -0.2) is 19.3 Å². The van der Waals surface area contributed by atoms with Gasteiger partial charge in [-0.1, -0.05) is 6.07 Å². The number of piperazine rings is 1. The minimum absolute atomic E-state index is 0.305. The predicted molar refractivity (Wildman–Crippen MR) is 90.5 cm³/mol. The maximum Gasteiger partial charge on any atom is 0.319 e. The molecule has 0 amide bonds. The summed E-state index contributed by atoms with van der Waals surface area (Å²) in [7, 11) is 0. The molecule has 1 fully saturated rings.